The van der Waals surface area contributed by atoms with Gasteiger partial charge in [0, 0.05) is 19.6 Å². The molecule has 2 fully saturated rings. The molecule has 0 radical (unpaired) electrons. The van der Waals surface area contributed by atoms with E-state index in [1.165, 1.54) is 18.2 Å². The quantitative estimate of drug-likeness (QED) is 0.417. The molecule has 0 amide bonds. The number of nitro benzene ring substituents is 1. The molecular weight excluding hydrogens is 336 g/mol. The Hall–Kier alpha value is -1.43. The molecule has 0 spiro atoms. The maximum Gasteiger partial charge on any atom is 0.297 e. The summed E-state index contributed by atoms with van der Waals surface area (Å²) in [5.74, 6) is 0. The van der Waals surface area contributed by atoms with Crippen LogP contribution in [0, 0.1) is 10.1 Å². The molecule has 3 rings (SSSR count). The van der Waals surface area contributed by atoms with Gasteiger partial charge in [-0.1, -0.05) is 0 Å². The highest BCUT2D eigenvalue weighted by atomic mass is 32.2. The Morgan fingerprint density at radius 1 is 1.46 bits per heavy atom. The fourth-order valence-corrected chi connectivity index (χ4v) is 3.22. The standard InChI is InChI=1S/C14H20N4O5S/c15-24(21)12-1-2-13(14(5-12)18(19)20)16-6-11-7-17(3-4-23-11)10-8-22-9-10/h1-2,5,10-11,16H,3-4,6-9,15H2. The fourth-order valence-electron chi connectivity index (χ4n) is 2.79. The van der Waals surface area contributed by atoms with Crippen LogP contribution in [-0.2, 0) is 20.8 Å². The van der Waals surface area contributed by atoms with Crippen molar-refractivity contribution in [2.24, 2.45) is 5.14 Å². The smallest absolute Gasteiger partial charge is 0.297 e. The second kappa shape index (κ2) is 7.64. The van der Waals surface area contributed by atoms with Gasteiger partial charge in [-0.15, -0.1) is 5.14 Å². The zero-order chi connectivity index (χ0) is 17.1. The van der Waals surface area contributed by atoms with Crippen molar-refractivity contribution < 1.29 is 18.9 Å². The summed E-state index contributed by atoms with van der Waals surface area (Å²) in [4.78, 5) is 13.2. The van der Waals surface area contributed by atoms with Gasteiger partial charge in [-0.25, -0.2) is 0 Å². The third-order valence-corrected chi connectivity index (χ3v) is 4.94. The van der Waals surface area contributed by atoms with Gasteiger partial charge in [0.2, 0.25) is 0 Å². The monoisotopic (exact) mass is 356 g/mol. The van der Waals surface area contributed by atoms with Crippen LogP contribution in [0.3, 0.4) is 0 Å². The molecule has 2 aliphatic rings. The molecule has 10 heteroatoms. The Morgan fingerprint density at radius 2 is 2.25 bits per heavy atom. The maximum absolute atomic E-state index is 11.3. The molecule has 0 aliphatic carbocycles. The average molecular weight is 356 g/mol. The van der Waals surface area contributed by atoms with Crippen LogP contribution in [0.4, 0.5) is 11.4 Å². The zero-order valence-corrected chi connectivity index (χ0v) is 13.9. The van der Waals surface area contributed by atoms with E-state index in [2.05, 4.69) is 10.2 Å². The number of hydrogen-bond donors (Lipinski definition) is 2. The molecule has 3 N–H and O–H groups in total. The Kier molecular flexibility index (Phi) is 5.54. The number of ether oxygens (including phenoxy) is 2. The number of nitrogens with two attached hydrogens (primary N) is 1. The van der Waals surface area contributed by atoms with Gasteiger partial charge in [0.15, 0.2) is 4.90 Å². The van der Waals surface area contributed by atoms with Gasteiger partial charge >= 0.3 is 0 Å². The zero-order valence-electron chi connectivity index (χ0n) is 13.1. The van der Waals surface area contributed by atoms with Crippen LogP contribution in [0.1, 0.15) is 0 Å². The normalized spacial score (nSPS) is 23.5. The molecule has 9 nitrogen and oxygen atoms in total. The van der Waals surface area contributed by atoms with E-state index < -0.39 is 16.3 Å². The van der Waals surface area contributed by atoms with Crippen LogP contribution in [0.5, 0.6) is 0 Å². The molecule has 2 atom stereocenters. The summed E-state index contributed by atoms with van der Waals surface area (Å²) in [6.07, 6.45) is -0.0535. The average Bonchev–Trinajstić information content (AvgIpc) is 2.51. The lowest BCUT2D eigenvalue weighted by Gasteiger charge is -2.42. The first kappa shape index (κ1) is 17.4. The molecule has 0 aromatic heterocycles. The molecule has 2 saturated heterocycles. The van der Waals surface area contributed by atoms with Crippen LogP contribution in [0.15, 0.2) is 23.1 Å². The summed E-state index contributed by atoms with van der Waals surface area (Å²) in [6.45, 7) is 4.24. The molecule has 2 unspecified atom stereocenters. The third kappa shape index (κ3) is 3.97. The highest BCUT2D eigenvalue weighted by Gasteiger charge is 2.31. The van der Waals surface area contributed by atoms with Crippen LogP contribution in [0.2, 0.25) is 0 Å². The van der Waals surface area contributed by atoms with Crippen molar-refractivity contribution in [2.75, 3.05) is 44.8 Å². The first-order chi connectivity index (χ1) is 11.5. The fraction of sp³-hybridized carbons (Fsp3) is 0.571. The number of nitrogens with one attached hydrogen (secondary N) is 1. The van der Waals surface area contributed by atoms with E-state index in [4.69, 9.17) is 14.6 Å². The number of anilines is 1. The third-order valence-electron chi connectivity index (χ3n) is 4.23. The number of hydrogen-bond acceptors (Lipinski definition) is 8. The summed E-state index contributed by atoms with van der Waals surface area (Å²) in [6, 6.07) is 4.73. The Bertz CT molecular complexity index is 599. The van der Waals surface area contributed by atoms with Gasteiger partial charge in [-0.2, -0.15) is 0 Å². The highest BCUT2D eigenvalue weighted by molar-refractivity contribution is 7.89. The van der Waals surface area contributed by atoms with Gasteiger partial charge in [-0.3, -0.25) is 15.0 Å². The molecule has 24 heavy (non-hydrogen) atoms. The van der Waals surface area contributed by atoms with E-state index in [1.54, 1.807) is 0 Å². The van der Waals surface area contributed by atoms with E-state index in [-0.39, 0.29) is 16.7 Å². The molecule has 2 aliphatic heterocycles. The topological polar surface area (TPSA) is 126 Å². The number of benzene rings is 1. The minimum absolute atomic E-state index is 0.0535. The van der Waals surface area contributed by atoms with E-state index in [9.17, 15) is 14.7 Å². The second-order valence-corrected chi connectivity index (χ2v) is 6.86. The van der Waals surface area contributed by atoms with Crippen LogP contribution < -0.4 is 10.5 Å². The van der Waals surface area contributed by atoms with Crippen LogP contribution >= 0.6 is 0 Å². The largest absolute Gasteiger partial charge is 0.593 e. The minimum Gasteiger partial charge on any atom is -0.593 e. The SMILES string of the molecule is N[S+]([O-])c1ccc(NCC2CN(C3COC3)CCO2)c([N+](=O)[O-])c1. The van der Waals surface area contributed by atoms with E-state index in [1.807, 2.05) is 0 Å². The first-order valence-corrected chi connectivity index (χ1v) is 8.88. The predicted molar refractivity (Wildman–Crippen MR) is 88.1 cm³/mol. The van der Waals surface area contributed by atoms with Gasteiger partial charge in [0.25, 0.3) is 5.69 Å². The van der Waals surface area contributed by atoms with Crippen LogP contribution in [-0.4, -0.2) is 66.0 Å². The van der Waals surface area contributed by atoms with E-state index >= 15 is 0 Å². The van der Waals surface area contributed by atoms with Gasteiger partial charge in [0.1, 0.15) is 5.69 Å². The molecular formula is C14H20N4O5S. The number of nitrogens with zero attached hydrogens (tertiary/aromatic N) is 2. The molecule has 1 aromatic rings. The van der Waals surface area contributed by atoms with Crippen molar-refractivity contribution in [1.29, 1.82) is 0 Å². The summed E-state index contributed by atoms with van der Waals surface area (Å²) in [5.41, 5.74) is 0.216. The van der Waals surface area contributed by atoms with Crippen molar-refractivity contribution in [3.05, 3.63) is 28.3 Å². The van der Waals surface area contributed by atoms with Gasteiger partial charge in [-0.05, 0) is 12.1 Å². The van der Waals surface area contributed by atoms with Crippen molar-refractivity contribution in [3.8, 4) is 0 Å². The Balaban J connectivity index is 1.62. The predicted octanol–water partition coefficient (Wildman–Crippen LogP) is 0.0876. The van der Waals surface area contributed by atoms with Gasteiger partial charge in [0.05, 0.1) is 54.3 Å². The molecule has 2 heterocycles. The van der Waals surface area contributed by atoms with Crippen molar-refractivity contribution in [2.45, 2.75) is 17.0 Å². The summed E-state index contributed by atoms with van der Waals surface area (Å²) < 4.78 is 22.2. The number of morpholine rings is 1. The first-order valence-electron chi connectivity index (χ1n) is 7.66. The lowest BCUT2D eigenvalue weighted by atomic mass is 10.1. The minimum atomic E-state index is -1.75. The molecule has 0 saturated carbocycles. The van der Waals surface area contributed by atoms with E-state index in [0.717, 1.165) is 26.3 Å². The van der Waals surface area contributed by atoms with Crippen LogP contribution in [0.25, 0.3) is 0 Å². The lowest BCUT2D eigenvalue weighted by Crippen LogP contribution is -2.56. The molecule has 0 bridgehead atoms. The molecule has 132 valence electrons. The number of rotatable bonds is 6. The summed E-state index contributed by atoms with van der Waals surface area (Å²) in [5, 5.41) is 19.5. The van der Waals surface area contributed by atoms with Crippen molar-refractivity contribution >= 4 is 22.7 Å². The Morgan fingerprint density at radius 3 is 2.88 bits per heavy atom. The number of nitro groups is 1. The summed E-state index contributed by atoms with van der Waals surface area (Å²) in [7, 11) is 0. The highest BCUT2D eigenvalue weighted by Crippen LogP contribution is 2.27. The molecule has 1 aromatic carbocycles. The van der Waals surface area contributed by atoms with Crippen molar-refractivity contribution in [1.82, 2.24) is 4.90 Å². The Labute approximate surface area is 142 Å². The summed E-state index contributed by atoms with van der Waals surface area (Å²) >= 11 is -1.75. The van der Waals surface area contributed by atoms with E-state index in [0.29, 0.717) is 24.9 Å². The second-order valence-electron chi connectivity index (χ2n) is 5.79. The lowest BCUT2D eigenvalue weighted by molar-refractivity contribution is -0.384. The van der Waals surface area contributed by atoms with Gasteiger partial charge < -0.3 is 19.3 Å². The maximum atomic E-state index is 11.3. The van der Waals surface area contributed by atoms with Crippen molar-refractivity contribution in [3.63, 3.8) is 0 Å².